The van der Waals surface area contributed by atoms with E-state index in [9.17, 15) is 18.0 Å². The number of rotatable bonds is 4. The molecule has 5 nitrogen and oxygen atoms in total. The Hall–Kier alpha value is -2.82. The van der Waals surface area contributed by atoms with E-state index in [0.29, 0.717) is 6.42 Å². The van der Waals surface area contributed by atoms with Crippen molar-refractivity contribution >= 4 is 11.6 Å². The maximum atomic E-state index is 13.0. The second kappa shape index (κ2) is 6.59. The van der Waals surface area contributed by atoms with Crippen LogP contribution in [-0.4, -0.2) is 15.7 Å². The average Bonchev–Trinajstić information content (AvgIpc) is 3.00. The number of benzene rings is 1. The fourth-order valence-electron chi connectivity index (χ4n) is 2.33. The minimum absolute atomic E-state index is 0.0279. The number of nitrogens with one attached hydrogen (secondary N) is 1. The highest BCUT2D eigenvalue weighted by molar-refractivity contribution is 5.96. The van der Waals surface area contributed by atoms with Gasteiger partial charge in [-0.1, -0.05) is 6.92 Å². The second-order valence-electron chi connectivity index (χ2n) is 5.91. The summed E-state index contributed by atoms with van der Waals surface area (Å²) in [6.45, 7) is 5.27. The van der Waals surface area contributed by atoms with Gasteiger partial charge in [0.15, 0.2) is 0 Å². The summed E-state index contributed by atoms with van der Waals surface area (Å²) in [5.74, 6) is -0.490. The molecule has 25 heavy (non-hydrogen) atoms. The van der Waals surface area contributed by atoms with Gasteiger partial charge in [0, 0.05) is 11.9 Å². The lowest BCUT2D eigenvalue weighted by molar-refractivity contribution is -0.137. The molecule has 0 aliphatic heterocycles. The minimum Gasteiger partial charge on any atom is -0.324 e. The van der Waals surface area contributed by atoms with Gasteiger partial charge in [-0.05, 0) is 44.0 Å². The quantitative estimate of drug-likeness (QED) is 0.910. The molecular formula is C17H17F3N4O. The first-order valence-corrected chi connectivity index (χ1v) is 7.56. The van der Waals surface area contributed by atoms with E-state index in [1.54, 1.807) is 26.2 Å². The first kappa shape index (κ1) is 18.5. The van der Waals surface area contributed by atoms with Crippen LogP contribution in [-0.2, 0) is 16.5 Å². The highest BCUT2D eigenvalue weighted by Crippen LogP contribution is 2.34. The third-order valence-corrected chi connectivity index (χ3v) is 4.10. The molecular weight excluding hydrogens is 333 g/mol. The van der Waals surface area contributed by atoms with Crippen LogP contribution in [0.4, 0.5) is 18.9 Å². The predicted molar refractivity (Wildman–Crippen MR) is 85.7 cm³/mol. The molecule has 0 saturated carbocycles. The number of nitrogens with zero attached hydrogens (tertiary/aromatic N) is 3. The van der Waals surface area contributed by atoms with E-state index in [2.05, 4.69) is 10.4 Å². The lowest BCUT2D eigenvalue weighted by atomic mass is 9.97. The van der Waals surface area contributed by atoms with Gasteiger partial charge in [0.1, 0.15) is 5.54 Å². The molecule has 0 bridgehead atoms. The summed E-state index contributed by atoms with van der Waals surface area (Å²) in [5, 5.41) is 15.5. The van der Waals surface area contributed by atoms with Crippen molar-refractivity contribution in [2.24, 2.45) is 0 Å². The molecule has 0 spiro atoms. The van der Waals surface area contributed by atoms with E-state index >= 15 is 0 Å². The lowest BCUT2D eigenvalue weighted by Gasteiger charge is -2.27. The molecule has 0 radical (unpaired) electrons. The minimum atomic E-state index is -4.68. The predicted octanol–water partition coefficient (Wildman–Crippen LogP) is 3.85. The van der Waals surface area contributed by atoms with Gasteiger partial charge in [0.2, 0.25) is 0 Å². The van der Waals surface area contributed by atoms with E-state index in [4.69, 9.17) is 5.26 Å². The Balaban J connectivity index is 2.35. The molecule has 0 aliphatic rings. The Morgan fingerprint density at radius 2 is 2.08 bits per heavy atom. The molecule has 1 heterocycles. The fourth-order valence-corrected chi connectivity index (χ4v) is 2.33. The summed E-state index contributed by atoms with van der Waals surface area (Å²) in [7, 11) is 0. The third-order valence-electron chi connectivity index (χ3n) is 4.10. The van der Waals surface area contributed by atoms with Crippen molar-refractivity contribution in [1.29, 1.82) is 5.26 Å². The van der Waals surface area contributed by atoms with Gasteiger partial charge in [0.25, 0.3) is 5.91 Å². The molecule has 0 fully saturated rings. The summed E-state index contributed by atoms with van der Waals surface area (Å²) in [6, 6.07) is 4.59. The summed E-state index contributed by atoms with van der Waals surface area (Å²) in [4.78, 5) is 12.7. The zero-order valence-electron chi connectivity index (χ0n) is 14.0. The van der Waals surface area contributed by atoms with Crippen LogP contribution in [0.15, 0.2) is 30.6 Å². The molecule has 1 amide bonds. The Labute approximate surface area is 143 Å². The highest BCUT2D eigenvalue weighted by atomic mass is 19.4. The number of aromatic nitrogens is 2. The van der Waals surface area contributed by atoms with Crippen LogP contribution in [0.1, 0.15) is 37.0 Å². The number of nitriles is 1. The molecule has 1 aromatic carbocycles. The summed E-state index contributed by atoms with van der Waals surface area (Å²) in [6.07, 6.45) is -0.991. The largest absolute Gasteiger partial charge is 0.417 e. The SMILES string of the molecule is CCC(C)(C(=O)Nc1ccc(C#N)c(C(F)(F)F)c1)n1cc(C)cn1. The maximum Gasteiger partial charge on any atom is 0.417 e. The zero-order chi connectivity index (χ0) is 18.8. The van der Waals surface area contributed by atoms with Gasteiger partial charge in [0.05, 0.1) is 23.4 Å². The first-order valence-electron chi connectivity index (χ1n) is 7.56. The Bertz CT molecular complexity index is 835. The van der Waals surface area contributed by atoms with E-state index in [1.165, 1.54) is 16.8 Å². The first-order chi connectivity index (χ1) is 11.6. The van der Waals surface area contributed by atoms with E-state index < -0.39 is 28.7 Å². The van der Waals surface area contributed by atoms with Crippen molar-refractivity contribution in [3.63, 3.8) is 0 Å². The highest BCUT2D eigenvalue weighted by Gasteiger charge is 2.36. The van der Waals surface area contributed by atoms with Crippen molar-refractivity contribution in [1.82, 2.24) is 9.78 Å². The van der Waals surface area contributed by atoms with Gasteiger partial charge < -0.3 is 5.32 Å². The molecule has 8 heteroatoms. The zero-order valence-corrected chi connectivity index (χ0v) is 14.0. The number of anilines is 1. The van der Waals surface area contributed by atoms with Gasteiger partial charge in [-0.15, -0.1) is 0 Å². The standard InChI is InChI=1S/C17H17F3N4O/c1-4-16(3,24-10-11(2)9-22-24)15(25)23-13-6-5-12(8-21)14(7-13)17(18,19)20/h5-7,9-10H,4H2,1-3H3,(H,23,25). The van der Waals surface area contributed by atoms with Crippen molar-refractivity contribution < 1.29 is 18.0 Å². The Kier molecular flexibility index (Phi) is 4.88. The van der Waals surface area contributed by atoms with E-state index in [1.807, 2.05) is 6.92 Å². The van der Waals surface area contributed by atoms with Crippen LogP contribution in [0.25, 0.3) is 0 Å². The number of amides is 1. The van der Waals surface area contributed by atoms with Crippen LogP contribution in [0.2, 0.25) is 0 Å². The topological polar surface area (TPSA) is 70.7 Å². The summed E-state index contributed by atoms with van der Waals surface area (Å²) >= 11 is 0. The smallest absolute Gasteiger partial charge is 0.324 e. The summed E-state index contributed by atoms with van der Waals surface area (Å²) < 4.78 is 40.6. The summed E-state index contributed by atoms with van der Waals surface area (Å²) in [5.41, 5.74) is -1.79. The van der Waals surface area contributed by atoms with E-state index in [-0.39, 0.29) is 5.69 Å². The van der Waals surface area contributed by atoms with Crippen LogP contribution in [0, 0.1) is 18.3 Å². The van der Waals surface area contributed by atoms with Gasteiger partial charge in [-0.3, -0.25) is 9.48 Å². The second-order valence-corrected chi connectivity index (χ2v) is 5.91. The Morgan fingerprint density at radius 1 is 1.40 bits per heavy atom. The molecule has 1 atom stereocenters. The van der Waals surface area contributed by atoms with Crippen molar-refractivity contribution in [3.8, 4) is 6.07 Å². The van der Waals surface area contributed by atoms with Crippen molar-refractivity contribution in [3.05, 3.63) is 47.3 Å². The Morgan fingerprint density at radius 3 is 2.56 bits per heavy atom. The monoisotopic (exact) mass is 350 g/mol. The molecule has 2 aromatic rings. The molecule has 1 aromatic heterocycles. The molecule has 1 unspecified atom stereocenters. The third kappa shape index (κ3) is 3.65. The number of carbonyl (C=O) groups excluding carboxylic acids is 1. The van der Waals surface area contributed by atoms with E-state index in [0.717, 1.165) is 17.7 Å². The number of hydrogen-bond acceptors (Lipinski definition) is 3. The average molecular weight is 350 g/mol. The van der Waals surface area contributed by atoms with Crippen LogP contribution < -0.4 is 5.32 Å². The molecule has 0 aliphatic carbocycles. The number of alkyl halides is 3. The van der Waals surface area contributed by atoms with Crippen molar-refractivity contribution in [2.75, 3.05) is 5.32 Å². The van der Waals surface area contributed by atoms with Crippen molar-refractivity contribution in [2.45, 2.75) is 38.9 Å². The maximum absolute atomic E-state index is 13.0. The number of hydrogen-bond donors (Lipinski definition) is 1. The molecule has 132 valence electrons. The lowest BCUT2D eigenvalue weighted by Crippen LogP contribution is -2.43. The number of aryl methyl sites for hydroxylation is 1. The molecule has 2 rings (SSSR count). The molecule has 1 N–H and O–H groups in total. The number of halogens is 3. The van der Waals surface area contributed by atoms with Gasteiger partial charge in [-0.2, -0.15) is 23.5 Å². The van der Waals surface area contributed by atoms with Crippen LogP contribution in [0.5, 0.6) is 0 Å². The van der Waals surface area contributed by atoms with Gasteiger partial charge >= 0.3 is 6.18 Å². The van der Waals surface area contributed by atoms with Crippen LogP contribution >= 0.6 is 0 Å². The van der Waals surface area contributed by atoms with Crippen LogP contribution in [0.3, 0.4) is 0 Å². The van der Waals surface area contributed by atoms with Gasteiger partial charge in [-0.25, -0.2) is 0 Å². The fraction of sp³-hybridized carbons (Fsp3) is 0.353. The normalized spacial score (nSPS) is 13.8. The molecule has 0 saturated heterocycles. The number of carbonyl (C=O) groups is 1.